The van der Waals surface area contributed by atoms with Crippen LogP contribution in [0.15, 0.2) is 39.8 Å². The summed E-state index contributed by atoms with van der Waals surface area (Å²) in [5, 5.41) is 3.67. The summed E-state index contributed by atoms with van der Waals surface area (Å²) in [5.41, 5.74) is -0.349. The normalized spacial score (nSPS) is 12.3. The summed E-state index contributed by atoms with van der Waals surface area (Å²) in [6.45, 7) is 0.105. The van der Waals surface area contributed by atoms with Gasteiger partial charge in [-0.25, -0.2) is 21.6 Å². The van der Waals surface area contributed by atoms with Gasteiger partial charge in [-0.15, -0.1) is 13.2 Å². The highest BCUT2D eigenvalue weighted by Crippen LogP contribution is 2.38. The van der Waals surface area contributed by atoms with Gasteiger partial charge in [-0.05, 0) is 48.4 Å². The molecule has 31 heavy (non-hydrogen) atoms. The summed E-state index contributed by atoms with van der Waals surface area (Å²) in [6.07, 6.45) is -4.29. The van der Waals surface area contributed by atoms with Crippen LogP contribution in [0, 0.1) is 18.6 Å². The molecule has 166 valence electrons. The van der Waals surface area contributed by atoms with Crippen LogP contribution in [0.2, 0.25) is 0 Å². The lowest BCUT2D eigenvalue weighted by Crippen LogP contribution is -2.17. The third-order valence-electron chi connectivity index (χ3n) is 4.22. The van der Waals surface area contributed by atoms with Crippen molar-refractivity contribution in [3.63, 3.8) is 0 Å². The number of hydrogen-bond acceptors (Lipinski definition) is 5. The molecule has 0 aliphatic rings. The minimum atomic E-state index is -4.91. The van der Waals surface area contributed by atoms with Crippen LogP contribution in [0.3, 0.4) is 0 Å². The van der Waals surface area contributed by atoms with Crippen LogP contribution in [0.4, 0.5) is 26.3 Å². The molecular formula is C19H13F6NO4S. The van der Waals surface area contributed by atoms with Crippen LogP contribution < -0.4 is 4.74 Å². The van der Waals surface area contributed by atoms with Crippen molar-refractivity contribution >= 4 is 9.84 Å². The Morgan fingerprint density at radius 1 is 1.06 bits per heavy atom. The summed E-state index contributed by atoms with van der Waals surface area (Å²) in [5.74, 6) is -3.70. The fourth-order valence-electron chi connectivity index (χ4n) is 3.00. The number of sulfone groups is 1. The van der Waals surface area contributed by atoms with Crippen molar-refractivity contribution in [3.8, 4) is 28.1 Å². The van der Waals surface area contributed by atoms with Crippen molar-refractivity contribution in [1.29, 1.82) is 0 Å². The van der Waals surface area contributed by atoms with Gasteiger partial charge in [0.15, 0.2) is 22.3 Å². The Kier molecular flexibility index (Phi) is 5.78. The van der Waals surface area contributed by atoms with Gasteiger partial charge in [0.25, 0.3) is 0 Å². The number of halogens is 6. The predicted octanol–water partition coefficient (Wildman–Crippen LogP) is 5.37. The van der Waals surface area contributed by atoms with E-state index >= 15 is 0 Å². The molecule has 0 radical (unpaired) electrons. The van der Waals surface area contributed by atoms with Crippen LogP contribution in [-0.4, -0.2) is 26.2 Å². The van der Waals surface area contributed by atoms with Crippen molar-refractivity contribution in [2.75, 3.05) is 6.26 Å². The molecule has 0 spiro atoms. The molecule has 1 aromatic heterocycles. The number of alkyl halides is 4. The lowest BCUT2D eigenvalue weighted by atomic mass is 9.98. The highest BCUT2D eigenvalue weighted by atomic mass is 32.2. The fourth-order valence-corrected chi connectivity index (χ4v) is 3.83. The van der Waals surface area contributed by atoms with E-state index in [1.165, 1.54) is 19.1 Å². The second-order valence-corrected chi connectivity index (χ2v) is 8.48. The number of hydrogen-bond donors (Lipinski definition) is 0. The smallest absolute Gasteiger partial charge is 0.406 e. The van der Waals surface area contributed by atoms with Crippen LogP contribution in [0.25, 0.3) is 22.4 Å². The van der Waals surface area contributed by atoms with E-state index < -0.39 is 50.9 Å². The van der Waals surface area contributed by atoms with Gasteiger partial charge < -0.3 is 9.26 Å². The van der Waals surface area contributed by atoms with E-state index in [2.05, 4.69) is 9.89 Å². The zero-order valence-electron chi connectivity index (χ0n) is 15.9. The van der Waals surface area contributed by atoms with E-state index in [-0.39, 0.29) is 27.9 Å². The Bertz CT molecular complexity index is 1230. The van der Waals surface area contributed by atoms with Crippen LogP contribution in [0.5, 0.6) is 5.75 Å². The first-order valence-corrected chi connectivity index (χ1v) is 10.3. The molecule has 12 heteroatoms. The molecule has 0 atom stereocenters. The molecule has 0 saturated carbocycles. The average Bonchev–Trinajstić information content (AvgIpc) is 3.04. The van der Waals surface area contributed by atoms with E-state index in [4.69, 9.17) is 4.52 Å². The standard InChI is InChI=1S/C19H13F6NO4S/c1-9-5-10(3-4-14(9)29-19(23,24)25)17-16(15(8-20)30-26-17)11-6-12(21)18(13(22)7-11)31(2,27)28/h3-7H,8H2,1-2H3. The van der Waals surface area contributed by atoms with Crippen molar-refractivity contribution < 1.29 is 44.0 Å². The number of rotatable bonds is 5. The molecule has 0 N–H and O–H groups in total. The topological polar surface area (TPSA) is 69.4 Å². The monoisotopic (exact) mass is 465 g/mol. The van der Waals surface area contributed by atoms with Crippen molar-refractivity contribution in [1.82, 2.24) is 5.16 Å². The van der Waals surface area contributed by atoms with Gasteiger partial charge >= 0.3 is 6.36 Å². The molecule has 0 aliphatic carbocycles. The number of ether oxygens (including phenoxy) is 1. The van der Waals surface area contributed by atoms with E-state index in [0.29, 0.717) is 18.4 Å². The SMILES string of the molecule is Cc1cc(-c2noc(CF)c2-c2cc(F)c(S(C)(=O)=O)c(F)c2)ccc1OC(F)(F)F. The van der Waals surface area contributed by atoms with E-state index in [1.54, 1.807) is 0 Å². The molecule has 3 rings (SSSR count). The lowest BCUT2D eigenvalue weighted by molar-refractivity contribution is -0.274. The second-order valence-electron chi connectivity index (χ2n) is 6.53. The summed E-state index contributed by atoms with van der Waals surface area (Å²) >= 11 is 0. The molecule has 0 amide bonds. The molecule has 3 aromatic rings. The van der Waals surface area contributed by atoms with Gasteiger partial charge in [-0.2, -0.15) is 0 Å². The summed E-state index contributed by atoms with van der Waals surface area (Å²) in [4.78, 5) is -1.15. The maximum Gasteiger partial charge on any atom is 0.573 e. The van der Waals surface area contributed by atoms with Crippen molar-refractivity contribution in [2.24, 2.45) is 0 Å². The molecular weight excluding hydrogens is 452 g/mol. The highest BCUT2D eigenvalue weighted by molar-refractivity contribution is 7.90. The summed E-state index contributed by atoms with van der Waals surface area (Å²) in [6, 6.07) is 4.78. The first-order valence-electron chi connectivity index (χ1n) is 8.42. The number of aromatic nitrogens is 1. The molecule has 2 aromatic carbocycles. The van der Waals surface area contributed by atoms with Crippen molar-refractivity contribution in [2.45, 2.75) is 24.9 Å². The van der Waals surface area contributed by atoms with Gasteiger partial charge in [0.05, 0.1) is 5.56 Å². The second kappa shape index (κ2) is 7.91. The first kappa shape index (κ1) is 22.7. The Morgan fingerprint density at radius 2 is 1.68 bits per heavy atom. The molecule has 0 saturated heterocycles. The fraction of sp³-hybridized carbons (Fsp3) is 0.211. The average molecular weight is 465 g/mol. The highest BCUT2D eigenvalue weighted by Gasteiger charge is 2.32. The van der Waals surface area contributed by atoms with Gasteiger partial charge in [0.2, 0.25) is 0 Å². The summed E-state index contributed by atoms with van der Waals surface area (Å²) in [7, 11) is -4.22. The molecule has 0 unspecified atom stereocenters. The Morgan fingerprint density at radius 3 is 2.16 bits per heavy atom. The zero-order chi connectivity index (χ0) is 23.1. The third-order valence-corrected chi connectivity index (χ3v) is 5.35. The molecule has 1 heterocycles. The van der Waals surface area contributed by atoms with Gasteiger partial charge in [-0.3, -0.25) is 0 Å². The van der Waals surface area contributed by atoms with Crippen molar-refractivity contribution in [3.05, 3.63) is 53.3 Å². The number of benzene rings is 2. The van der Waals surface area contributed by atoms with E-state index in [0.717, 1.165) is 6.07 Å². The Labute approximate surface area is 172 Å². The minimum Gasteiger partial charge on any atom is -0.406 e. The Hall–Kier alpha value is -3.02. The zero-order valence-corrected chi connectivity index (χ0v) is 16.7. The van der Waals surface area contributed by atoms with Crippen LogP contribution in [0.1, 0.15) is 11.3 Å². The lowest BCUT2D eigenvalue weighted by Gasteiger charge is -2.12. The van der Waals surface area contributed by atoms with Gasteiger partial charge in [-0.1, -0.05) is 5.16 Å². The van der Waals surface area contributed by atoms with E-state index in [1.807, 2.05) is 0 Å². The summed E-state index contributed by atoms with van der Waals surface area (Å²) < 4.78 is 111. The number of nitrogens with zero attached hydrogens (tertiary/aromatic N) is 1. The van der Waals surface area contributed by atoms with Crippen LogP contribution >= 0.6 is 0 Å². The number of aryl methyl sites for hydroxylation is 1. The quantitative estimate of drug-likeness (QED) is 0.474. The minimum absolute atomic E-state index is 0.0513. The van der Waals surface area contributed by atoms with E-state index in [9.17, 15) is 34.8 Å². The van der Waals surface area contributed by atoms with Crippen LogP contribution in [-0.2, 0) is 16.5 Å². The maximum atomic E-state index is 14.4. The van der Waals surface area contributed by atoms with Gasteiger partial charge in [0.1, 0.15) is 28.0 Å². The molecule has 0 aliphatic heterocycles. The molecule has 0 bridgehead atoms. The largest absolute Gasteiger partial charge is 0.573 e. The molecule has 0 fully saturated rings. The molecule has 5 nitrogen and oxygen atoms in total. The maximum absolute atomic E-state index is 14.4. The predicted molar refractivity (Wildman–Crippen MR) is 96.6 cm³/mol. The Balaban J connectivity index is 2.16. The third kappa shape index (κ3) is 4.68. The first-order chi connectivity index (χ1) is 14.3. The van der Waals surface area contributed by atoms with Gasteiger partial charge in [0, 0.05) is 11.8 Å².